The van der Waals surface area contributed by atoms with E-state index in [1.165, 1.54) is 24.8 Å². The van der Waals surface area contributed by atoms with Gasteiger partial charge in [0.25, 0.3) is 0 Å². The lowest BCUT2D eigenvalue weighted by atomic mass is 9.90. The van der Waals surface area contributed by atoms with Gasteiger partial charge >= 0.3 is 0 Å². The van der Waals surface area contributed by atoms with Gasteiger partial charge in [-0.25, -0.2) is 0 Å². The molecule has 1 aromatic rings. The number of benzene rings is 1. The molecule has 1 aromatic carbocycles. The summed E-state index contributed by atoms with van der Waals surface area (Å²) in [5.74, 6) is 2.01. The molecule has 0 aromatic heterocycles. The van der Waals surface area contributed by atoms with E-state index in [4.69, 9.17) is 0 Å². The maximum absolute atomic E-state index is 11.8. The number of rotatable bonds is 5. The minimum Gasteiger partial charge on any atom is -0.356 e. The van der Waals surface area contributed by atoms with Crippen LogP contribution in [0, 0.1) is 5.92 Å². The molecule has 118 valence electrons. The number of fused-ring (bicyclic) bond motifs is 1. The highest BCUT2D eigenvalue weighted by Crippen LogP contribution is 2.32. The van der Waals surface area contributed by atoms with Gasteiger partial charge in [-0.1, -0.05) is 31.0 Å². The standard InChI is InChI=1S/C17H24N4O/c1-18-17(19-9-8-12-6-7-12)20-11-13-10-16(22)21-15-5-3-2-4-14(13)15/h2-5,12-13H,6-11H2,1H3,(H,21,22)(H2,18,19,20). The topological polar surface area (TPSA) is 65.5 Å². The molecule has 5 heteroatoms. The highest BCUT2D eigenvalue weighted by atomic mass is 16.1. The summed E-state index contributed by atoms with van der Waals surface area (Å²) < 4.78 is 0. The molecule has 2 aliphatic rings. The van der Waals surface area contributed by atoms with Crippen molar-refractivity contribution in [1.29, 1.82) is 0 Å². The van der Waals surface area contributed by atoms with Crippen LogP contribution in [0.4, 0.5) is 5.69 Å². The van der Waals surface area contributed by atoms with Crippen molar-refractivity contribution in [2.75, 3.05) is 25.5 Å². The molecule has 1 heterocycles. The number of hydrogen-bond donors (Lipinski definition) is 3. The molecule has 0 spiro atoms. The zero-order valence-corrected chi connectivity index (χ0v) is 13.1. The summed E-state index contributed by atoms with van der Waals surface area (Å²) in [4.78, 5) is 16.1. The molecule has 5 nitrogen and oxygen atoms in total. The maximum atomic E-state index is 11.8. The van der Waals surface area contributed by atoms with Crippen molar-refractivity contribution in [1.82, 2.24) is 10.6 Å². The summed E-state index contributed by atoms with van der Waals surface area (Å²) in [5.41, 5.74) is 2.13. The fourth-order valence-corrected chi connectivity index (χ4v) is 2.93. The van der Waals surface area contributed by atoms with Gasteiger partial charge in [-0.05, 0) is 24.0 Å². The number of nitrogens with one attached hydrogen (secondary N) is 3. The van der Waals surface area contributed by atoms with E-state index in [-0.39, 0.29) is 11.8 Å². The number of aliphatic imine (C=N–C) groups is 1. The second-order valence-corrected chi connectivity index (χ2v) is 6.15. The molecule has 0 radical (unpaired) electrons. The van der Waals surface area contributed by atoms with Gasteiger partial charge in [-0.3, -0.25) is 9.79 Å². The molecule has 1 aliphatic heterocycles. The average Bonchev–Trinajstić information content (AvgIpc) is 3.34. The highest BCUT2D eigenvalue weighted by Gasteiger charge is 2.25. The lowest BCUT2D eigenvalue weighted by Crippen LogP contribution is -2.41. The predicted octanol–water partition coefficient (Wildman–Crippen LogP) is 2.08. The van der Waals surface area contributed by atoms with Crippen LogP contribution in [0.15, 0.2) is 29.3 Å². The molecule has 1 unspecified atom stereocenters. The molecule has 22 heavy (non-hydrogen) atoms. The zero-order chi connectivity index (χ0) is 15.4. The van der Waals surface area contributed by atoms with Gasteiger partial charge < -0.3 is 16.0 Å². The first-order valence-electron chi connectivity index (χ1n) is 8.09. The van der Waals surface area contributed by atoms with Crippen LogP contribution >= 0.6 is 0 Å². The minimum atomic E-state index is 0.0854. The van der Waals surface area contributed by atoms with Crippen molar-refractivity contribution in [2.45, 2.75) is 31.6 Å². The van der Waals surface area contributed by atoms with Gasteiger partial charge in [0, 0.05) is 38.2 Å². The molecule has 0 bridgehead atoms. The van der Waals surface area contributed by atoms with Gasteiger partial charge in [-0.2, -0.15) is 0 Å². The normalized spacial score (nSPS) is 21.0. The van der Waals surface area contributed by atoms with Gasteiger partial charge in [0.05, 0.1) is 0 Å². The molecule has 1 aliphatic carbocycles. The number of anilines is 1. The van der Waals surface area contributed by atoms with Crippen molar-refractivity contribution in [3.63, 3.8) is 0 Å². The van der Waals surface area contributed by atoms with Crippen LogP contribution in [-0.4, -0.2) is 32.0 Å². The molecular weight excluding hydrogens is 276 g/mol. The molecule has 1 amide bonds. The molecule has 3 rings (SSSR count). The highest BCUT2D eigenvalue weighted by molar-refractivity contribution is 5.94. The zero-order valence-electron chi connectivity index (χ0n) is 13.1. The Morgan fingerprint density at radius 1 is 1.32 bits per heavy atom. The Kier molecular flexibility index (Phi) is 4.61. The number of guanidine groups is 1. The number of hydrogen-bond acceptors (Lipinski definition) is 2. The van der Waals surface area contributed by atoms with Crippen molar-refractivity contribution in [3.8, 4) is 0 Å². The van der Waals surface area contributed by atoms with Gasteiger partial charge in [-0.15, -0.1) is 0 Å². The largest absolute Gasteiger partial charge is 0.356 e. The summed E-state index contributed by atoms with van der Waals surface area (Å²) in [6.45, 7) is 1.68. The van der Waals surface area contributed by atoms with Gasteiger partial charge in [0.2, 0.25) is 5.91 Å². The first-order chi connectivity index (χ1) is 10.8. The summed E-state index contributed by atoms with van der Waals surface area (Å²) in [6, 6.07) is 8.02. The van der Waals surface area contributed by atoms with E-state index in [2.05, 4.69) is 27.0 Å². The van der Waals surface area contributed by atoms with Crippen molar-refractivity contribution in [2.24, 2.45) is 10.9 Å². The number of nitrogens with zero attached hydrogens (tertiary/aromatic N) is 1. The Bertz CT molecular complexity index is 566. The van der Waals surface area contributed by atoms with Crippen LogP contribution in [0.5, 0.6) is 0 Å². The second-order valence-electron chi connectivity index (χ2n) is 6.15. The molecule has 1 saturated carbocycles. The van der Waals surface area contributed by atoms with Crippen LogP contribution in [0.3, 0.4) is 0 Å². The number of carbonyl (C=O) groups excluding carboxylic acids is 1. The summed E-state index contributed by atoms with van der Waals surface area (Å²) in [6.07, 6.45) is 4.49. The molecular formula is C17H24N4O. The summed E-state index contributed by atoms with van der Waals surface area (Å²) in [5, 5.41) is 9.64. The Balaban J connectivity index is 1.54. The van der Waals surface area contributed by atoms with E-state index in [1.807, 2.05) is 18.2 Å². The number of amides is 1. The van der Waals surface area contributed by atoms with Crippen molar-refractivity contribution >= 4 is 17.6 Å². The van der Waals surface area contributed by atoms with Crippen molar-refractivity contribution in [3.05, 3.63) is 29.8 Å². The fraction of sp³-hybridized carbons (Fsp3) is 0.529. The molecule has 0 saturated heterocycles. The van der Waals surface area contributed by atoms with Crippen LogP contribution in [0.1, 0.15) is 37.2 Å². The predicted molar refractivity (Wildman–Crippen MR) is 89.1 cm³/mol. The first-order valence-corrected chi connectivity index (χ1v) is 8.09. The first kappa shape index (κ1) is 14.9. The third-order valence-corrected chi connectivity index (χ3v) is 4.39. The Morgan fingerprint density at radius 2 is 2.14 bits per heavy atom. The molecule has 1 atom stereocenters. The number of para-hydroxylation sites is 1. The van der Waals surface area contributed by atoms with Crippen LogP contribution in [0.2, 0.25) is 0 Å². The fourth-order valence-electron chi connectivity index (χ4n) is 2.93. The quantitative estimate of drug-likeness (QED) is 0.576. The lowest BCUT2D eigenvalue weighted by molar-refractivity contribution is -0.116. The number of carbonyl (C=O) groups is 1. The Labute approximate surface area is 131 Å². The van der Waals surface area contributed by atoms with E-state index >= 15 is 0 Å². The maximum Gasteiger partial charge on any atom is 0.225 e. The van der Waals surface area contributed by atoms with Crippen molar-refractivity contribution < 1.29 is 4.79 Å². The van der Waals surface area contributed by atoms with E-state index in [1.54, 1.807) is 7.05 Å². The third-order valence-electron chi connectivity index (χ3n) is 4.39. The smallest absolute Gasteiger partial charge is 0.225 e. The average molecular weight is 300 g/mol. The van der Waals surface area contributed by atoms with Crippen LogP contribution in [0.25, 0.3) is 0 Å². The Morgan fingerprint density at radius 3 is 2.91 bits per heavy atom. The minimum absolute atomic E-state index is 0.0854. The molecule has 1 fully saturated rings. The van der Waals surface area contributed by atoms with Gasteiger partial charge in [0.15, 0.2) is 5.96 Å². The second kappa shape index (κ2) is 6.81. The third kappa shape index (κ3) is 3.78. The monoisotopic (exact) mass is 300 g/mol. The summed E-state index contributed by atoms with van der Waals surface area (Å²) in [7, 11) is 1.79. The lowest BCUT2D eigenvalue weighted by Gasteiger charge is -2.26. The van der Waals surface area contributed by atoms with E-state index in [9.17, 15) is 4.79 Å². The summed E-state index contributed by atoms with van der Waals surface area (Å²) >= 11 is 0. The molecule has 3 N–H and O–H groups in total. The van der Waals surface area contributed by atoms with E-state index in [0.29, 0.717) is 13.0 Å². The SMILES string of the molecule is CN=C(NCCC1CC1)NCC1CC(=O)Nc2ccccc21. The van der Waals surface area contributed by atoms with E-state index in [0.717, 1.165) is 24.1 Å². The van der Waals surface area contributed by atoms with Crippen LogP contribution < -0.4 is 16.0 Å². The van der Waals surface area contributed by atoms with Gasteiger partial charge in [0.1, 0.15) is 0 Å². The van der Waals surface area contributed by atoms with Crippen LogP contribution in [-0.2, 0) is 4.79 Å². The Hall–Kier alpha value is -2.04. The van der Waals surface area contributed by atoms with E-state index < -0.39 is 0 Å².